The highest BCUT2D eigenvalue weighted by molar-refractivity contribution is 5.95. The smallest absolute Gasteiger partial charge is 0.279 e. The van der Waals surface area contributed by atoms with Crippen molar-refractivity contribution in [3.63, 3.8) is 0 Å². The molecule has 0 radical (unpaired) electrons. The van der Waals surface area contributed by atoms with Crippen molar-refractivity contribution in [2.45, 2.75) is 6.04 Å². The van der Waals surface area contributed by atoms with Crippen LogP contribution in [0.25, 0.3) is 10.9 Å². The predicted molar refractivity (Wildman–Crippen MR) is 114 cm³/mol. The number of hydrogen-bond acceptors (Lipinski definition) is 5. The van der Waals surface area contributed by atoms with Gasteiger partial charge >= 0.3 is 0 Å². The van der Waals surface area contributed by atoms with Crippen LogP contribution < -0.4 is 15.5 Å². The van der Waals surface area contributed by atoms with Crippen LogP contribution in [0.15, 0.2) is 53.3 Å². The summed E-state index contributed by atoms with van der Waals surface area (Å²) in [6.45, 7) is 1.73. The number of methoxy groups -OCH3 is 1. The lowest BCUT2D eigenvalue weighted by Crippen LogP contribution is -2.50. The highest BCUT2D eigenvalue weighted by atomic mass is 35.5. The Balaban J connectivity index is 0.00000240. The minimum absolute atomic E-state index is 0. The Labute approximate surface area is 174 Å². The number of hydrogen-bond donors (Lipinski definition) is 1. The Morgan fingerprint density at radius 2 is 1.90 bits per heavy atom. The highest BCUT2D eigenvalue weighted by Gasteiger charge is 2.32. The van der Waals surface area contributed by atoms with Crippen LogP contribution in [0.2, 0.25) is 0 Å². The normalized spacial score (nSPS) is 16.3. The Hall–Kier alpha value is -2.90. The van der Waals surface area contributed by atoms with Gasteiger partial charge in [0.15, 0.2) is 5.69 Å². The predicted octanol–water partition coefficient (Wildman–Crippen LogP) is 2.15. The number of piperazine rings is 1. The van der Waals surface area contributed by atoms with E-state index in [9.17, 15) is 9.59 Å². The molecule has 29 heavy (non-hydrogen) atoms. The van der Waals surface area contributed by atoms with Crippen molar-refractivity contribution in [1.82, 2.24) is 20.0 Å². The first-order valence-corrected chi connectivity index (χ1v) is 9.22. The second-order valence-corrected chi connectivity index (χ2v) is 6.78. The largest absolute Gasteiger partial charge is 0.496 e. The van der Waals surface area contributed by atoms with Gasteiger partial charge in [-0.3, -0.25) is 14.3 Å². The van der Waals surface area contributed by atoms with Crippen molar-refractivity contribution in [3.8, 4) is 5.75 Å². The number of fused-ring (bicyclic) bond motifs is 1. The SMILES string of the molecule is COc1ccccc1C1CNCCN1C(=O)c1nn(C)c2ccccc2c1=O.Cl. The van der Waals surface area contributed by atoms with E-state index >= 15 is 0 Å². The van der Waals surface area contributed by atoms with Gasteiger partial charge in [0.25, 0.3) is 5.91 Å². The number of nitrogens with one attached hydrogen (secondary N) is 1. The third kappa shape index (κ3) is 3.71. The molecule has 2 aromatic carbocycles. The van der Waals surface area contributed by atoms with Crippen LogP contribution in [0.5, 0.6) is 5.75 Å². The zero-order valence-electron chi connectivity index (χ0n) is 16.3. The molecule has 1 saturated heterocycles. The molecule has 1 atom stereocenters. The van der Waals surface area contributed by atoms with Crippen molar-refractivity contribution in [2.75, 3.05) is 26.7 Å². The van der Waals surface area contributed by atoms with E-state index in [0.717, 1.165) is 5.56 Å². The summed E-state index contributed by atoms with van der Waals surface area (Å²) >= 11 is 0. The molecule has 3 aromatic rings. The van der Waals surface area contributed by atoms with Gasteiger partial charge in [0.2, 0.25) is 5.43 Å². The van der Waals surface area contributed by atoms with Gasteiger partial charge in [-0.15, -0.1) is 12.4 Å². The third-order valence-corrected chi connectivity index (χ3v) is 5.17. The Morgan fingerprint density at radius 3 is 2.69 bits per heavy atom. The average molecular weight is 415 g/mol. The molecule has 8 heteroatoms. The van der Waals surface area contributed by atoms with Crippen molar-refractivity contribution < 1.29 is 9.53 Å². The summed E-state index contributed by atoms with van der Waals surface area (Å²) in [5.41, 5.74) is 1.22. The second-order valence-electron chi connectivity index (χ2n) is 6.78. The maximum absolute atomic E-state index is 13.4. The molecule has 0 bridgehead atoms. The fourth-order valence-corrected chi connectivity index (χ4v) is 3.77. The molecule has 1 aliphatic heterocycles. The second kappa shape index (κ2) is 8.63. The average Bonchev–Trinajstić information content (AvgIpc) is 2.75. The van der Waals surface area contributed by atoms with Crippen LogP contribution in [0.4, 0.5) is 0 Å². The lowest BCUT2D eigenvalue weighted by Gasteiger charge is -2.36. The molecule has 152 valence electrons. The number of para-hydroxylation sites is 2. The van der Waals surface area contributed by atoms with Crippen LogP contribution in [0, 0.1) is 0 Å². The zero-order valence-corrected chi connectivity index (χ0v) is 17.1. The summed E-state index contributed by atoms with van der Waals surface area (Å²) < 4.78 is 7.07. The fraction of sp³-hybridized carbons (Fsp3) is 0.286. The van der Waals surface area contributed by atoms with Crippen LogP contribution >= 0.6 is 12.4 Å². The summed E-state index contributed by atoms with van der Waals surface area (Å²) in [5, 5.41) is 8.12. The minimum atomic E-state index is -0.358. The Kier molecular flexibility index (Phi) is 6.20. The van der Waals surface area contributed by atoms with E-state index in [2.05, 4.69) is 10.4 Å². The van der Waals surface area contributed by atoms with Crippen molar-refractivity contribution in [2.24, 2.45) is 7.05 Å². The first-order valence-electron chi connectivity index (χ1n) is 9.22. The van der Waals surface area contributed by atoms with E-state index in [0.29, 0.717) is 36.3 Å². The quantitative estimate of drug-likeness (QED) is 0.710. The lowest BCUT2D eigenvalue weighted by molar-refractivity contribution is 0.0622. The van der Waals surface area contributed by atoms with E-state index in [-0.39, 0.29) is 35.5 Å². The maximum Gasteiger partial charge on any atom is 0.279 e. The number of benzene rings is 2. The van der Waals surface area contributed by atoms with Gasteiger partial charge in [0.1, 0.15) is 5.75 Å². The van der Waals surface area contributed by atoms with Crippen molar-refractivity contribution in [3.05, 3.63) is 70.0 Å². The molecular weight excluding hydrogens is 392 g/mol. The van der Waals surface area contributed by atoms with Gasteiger partial charge in [0.05, 0.1) is 18.7 Å². The summed E-state index contributed by atoms with van der Waals surface area (Å²) in [6, 6.07) is 14.6. The number of aromatic nitrogens is 2. The Morgan fingerprint density at radius 1 is 1.17 bits per heavy atom. The number of halogens is 1. The number of aryl methyl sites for hydroxylation is 1. The molecule has 1 aliphatic rings. The van der Waals surface area contributed by atoms with E-state index in [1.165, 1.54) is 0 Å². The molecule has 7 nitrogen and oxygen atoms in total. The van der Waals surface area contributed by atoms with Crippen molar-refractivity contribution >= 4 is 29.2 Å². The summed E-state index contributed by atoms with van der Waals surface area (Å²) in [4.78, 5) is 28.1. The summed E-state index contributed by atoms with van der Waals surface area (Å²) in [6.07, 6.45) is 0. The summed E-state index contributed by atoms with van der Waals surface area (Å²) in [5.74, 6) is 0.358. The van der Waals surface area contributed by atoms with Gasteiger partial charge in [-0.05, 0) is 18.2 Å². The van der Waals surface area contributed by atoms with Crippen LogP contribution in [0.1, 0.15) is 22.1 Å². The molecule has 0 spiro atoms. The fourth-order valence-electron chi connectivity index (χ4n) is 3.77. The third-order valence-electron chi connectivity index (χ3n) is 5.17. The number of ether oxygens (including phenoxy) is 1. The molecule has 1 N–H and O–H groups in total. The van der Waals surface area contributed by atoms with E-state index < -0.39 is 0 Å². The molecular formula is C21H23ClN4O3. The Bertz CT molecular complexity index is 1100. The van der Waals surface area contributed by atoms with Gasteiger partial charge < -0.3 is 15.0 Å². The number of carbonyl (C=O) groups is 1. The van der Waals surface area contributed by atoms with E-state index in [1.807, 2.05) is 36.4 Å². The molecule has 1 fully saturated rings. The molecule has 1 amide bonds. The van der Waals surface area contributed by atoms with Gasteiger partial charge in [-0.1, -0.05) is 30.3 Å². The number of rotatable bonds is 3. The van der Waals surface area contributed by atoms with Crippen LogP contribution in [-0.2, 0) is 7.05 Å². The topological polar surface area (TPSA) is 76.5 Å². The van der Waals surface area contributed by atoms with E-state index in [4.69, 9.17) is 4.74 Å². The summed E-state index contributed by atoms with van der Waals surface area (Å²) in [7, 11) is 3.36. The lowest BCUT2D eigenvalue weighted by atomic mass is 10.0. The van der Waals surface area contributed by atoms with Crippen LogP contribution in [0.3, 0.4) is 0 Å². The zero-order chi connectivity index (χ0) is 19.7. The molecule has 0 aliphatic carbocycles. The molecule has 2 heterocycles. The maximum atomic E-state index is 13.4. The van der Waals surface area contributed by atoms with E-state index in [1.54, 1.807) is 35.9 Å². The van der Waals surface area contributed by atoms with Crippen LogP contribution in [-0.4, -0.2) is 47.3 Å². The van der Waals surface area contributed by atoms with Gasteiger partial charge in [-0.2, -0.15) is 5.10 Å². The number of carbonyl (C=O) groups excluding carboxylic acids is 1. The number of nitrogens with zero attached hydrogens (tertiary/aromatic N) is 3. The minimum Gasteiger partial charge on any atom is -0.496 e. The highest BCUT2D eigenvalue weighted by Crippen LogP contribution is 2.30. The molecule has 1 unspecified atom stereocenters. The molecule has 4 rings (SSSR count). The monoisotopic (exact) mass is 414 g/mol. The first-order chi connectivity index (χ1) is 13.6. The van der Waals surface area contributed by atoms with Gasteiger partial charge in [-0.25, -0.2) is 0 Å². The first kappa shape index (κ1) is 20.8. The van der Waals surface area contributed by atoms with Crippen molar-refractivity contribution in [1.29, 1.82) is 0 Å². The molecule has 1 aromatic heterocycles. The number of amides is 1. The standard InChI is InChI=1S/C21H22N4O3.ClH/c1-24-16-9-5-3-8-15(16)20(26)19(23-24)21(27)25-12-11-22-13-17(25)14-7-4-6-10-18(14)28-2;/h3-10,17,22H,11-13H2,1-2H3;1H. The molecule has 0 saturated carbocycles. The van der Waals surface area contributed by atoms with Gasteiger partial charge in [0, 0.05) is 37.6 Å².